The Hall–Kier alpha value is -1.85. The Morgan fingerprint density at radius 2 is 1.95 bits per heavy atom. The fourth-order valence-electron chi connectivity index (χ4n) is 2.01. The van der Waals surface area contributed by atoms with Gasteiger partial charge in [0.1, 0.15) is 17.1 Å². The average Bonchev–Trinajstić information content (AvgIpc) is 2.50. The van der Waals surface area contributed by atoms with Crippen LogP contribution in [0.15, 0.2) is 40.9 Å². The Balaban J connectivity index is 2.43. The predicted molar refractivity (Wildman–Crippen MR) is 82.8 cm³/mol. The van der Waals surface area contributed by atoms with Crippen LogP contribution in [0.2, 0.25) is 0 Å². The number of para-hydroxylation sites is 1. The molecule has 2 aromatic carbocycles. The summed E-state index contributed by atoms with van der Waals surface area (Å²) in [6.07, 6.45) is 0. The van der Waals surface area contributed by atoms with Gasteiger partial charge in [-0.1, -0.05) is 34.1 Å². The molecule has 5 heteroatoms. The third-order valence-corrected chi connectivity index (χ3v) is 4.19. The summed E-state index contributed by atoms with van der Waals surface area (Å²) >= 11 is 3.38. The largest absolute Gasteiger partial charge is 0.496 e. The summed E-state index contributed by atoms with van der Waals surface area (Å²) in [5.41, 5.74) is 1.66. The van der Waals surface area contributed by atoms with Crippen molar-refractivity contribution in [3.63, 3.8) is 0 Å². The second kappa shape index (κ2) is 6.74. The van der Waals surface area contributed by atoms with Crippen molar-refractivity contribution in [3.8, 4) is 11.5 Å². The number of hydrogen-bond donors (Lipinski definition) is 1. The van der Waals surface area contributed by atoms with Crippen molar-refractivity contribution in [1.29, 1.82) is 0 Å². The van der Waals surface area contributed by atoms with Gasteiger partial charge in [0.2, 0.25) is 0 Å². The van der Waals surface area contributed by atoms with E-state index in [1.165, 1.54) is 7.11 Å². The smallest absolute Gasteiger partial charge is 0.347 e. The number of aliphatic hydroxyl groups excluding tert-OH is 1. The van der Waals surface area contributed by atoms with E-state index in [1.807, 2.05) is 6.07 Å². The van der Waals surface area contributed by atoms with Crippen molar-refractivity contribution in [3.05, 3.63) is 57.6 Å². The topological polar surface area (TPSA) is 55.8 Å². The average molecular weight is 351 g/mol. The highest BCUT2D eigenvalue weighted by molar-refractivity contribution is 9.10. The molecule has 0 bridgehead atoms. The lowest BCUT2D eigenvalue weighted by Gasteiger charge is -2.15. The molecule has 2 rings (SSSR count). The molecule has 0 aromatic heterocycles. The first kappa shape index (κ1) is 15.5. The van der Waals surface area contributed by atoms with E-state index >= 15 is 0 Å². The summed E-state index contributed by atoms with van der Waals surface area (Å²) < 4.78 is 11.3. The van der Waals surface area contributed by atoms with Gasteiger partial charge < -0.3 is 14.6 Å². The zero-order chi connectivity index (χ0) is 15.4. The highest BCUT2D eigenvalue weighted by Crippen LogP contribution is 2.33. The first-order valence-electron chi connectivity index (χ1n) is 6.32. The van der Waals surface area contributed by atoms with Crippen LogP contribution in [0.5, 0.6) is 11.5 Å². The number of benzene rings is 2. The van der Waals surface area contributed by atoms with Crippen LogP contribution in [-0.4, -0.2) is 18.2 Å². The van der Waals surface area contributed by atoms with Gasteiger partial charge in [-0.05, 0) is 36.2 Å². The lowest BCUT2D eigenvalue weighted by molar-refractivity contribution is 0.0730. The Morgan fingerprint density at radius 1 is 1.29 bits per heavy atom. The number of ether oxygens (including phenoxy) is 2. The molecular formula is C16H15BrO4. The van der Waals surface area contributed by atoms with Gasteiger partial charge in [-0.2, -0.15) is 0 Å². The van der Waals surface area contributed by atoms with Gasteiger partial charge in [-0.25, -0.2) is 4.79 Å². The highest BCUT2D eigenvalue weighted by atomic mass is 79.9. The number of carbonyl (C=O) groups is 1. The molecule has 0 unspecified atom stereocenters. The maximum absolute atomic E-state index is 12.4. The molecule has 0 amide bonds. The van der Waals surface area contributed by atoms with E-state index in [0.29, 0.717) is 32.7 Å². The first-order chi connectivity index (χ1) is 10.1. The molecule has 0 atom stereocenters. The first-order valence-corrected chi connectivity index (χ1v) is 7.11. The molecule has 0 fully saturated rings. The Kier molecular flexibility index (Phi) is 4.98. The number of halogens is 1. The summed E-state index contributed by atoms with van der Waals surface area (Å²) in [5.74, 6) is 0.340. The van der Waals surface area contributed by atoms with Crippen LogP contribution in [0.4, 0.5) is 0 Å². The van der Waals surface area contributed by atoms with Crippen LogP contribution in [-0.2, 0) is 6.61 Å². The highest BCUT2D eigenvalue weighted by Gasteiger charge is 2.21. The quantitative estimate of drug-likeness (QED) is 0.677. The van der Waals surface area contributed by atoms with E-state index in [9.17, 15) is 9.90 Å². The number of hydrogen-bond acceptors (Lipinski definition) is 4. The van der Waals surface area contributed by atoms with Crippen molar-refractivity contribution in [2.24, 2.45) is 0 Å². The summed E-state index contributed by atoms with van der Waals surface area (Å²) in [4.78, 5) is 12.4. The number of rotatable bonds is 4. The van der Waals surface area contributed by atoms with Crippen molar-refractivity contribution in [2.75, 3.05) is 7.11 Å². The molecule has 4 nitrogen and oxygen atoms in total. The van der Waals surface area contributed by atoms with Gasteiger partial charge >= 0.3 is 5.97 Å². The van der Waals surface area contributed by atoms with Gasteiger partial charge in [0.25, 0.3) is 0 Å². The van der Waals surface area contributed by atoms with Crippen LogP contribution >= 0.6 is 15.9 Å². The van der Waals surface area contributed by atoms with E-state index < -0.39 is 5.97 Å². The lowest BCUT2D eigenvalue weighted by atomic mass is 10.0. The Bertz CT molecular complexity index is 653. The number of methoxy groups -OCH3 is 1. The van der Waals surface area contributed by atoms with Crippen LogP contribution in [0.25, 0.3) is 0 Å². The molecule has 0 aliphatic heterocycles. The molecule has 0 aliphatic rings. The summed E-state index contributed by atoms with van der Waals surface area (Å²) in [5, 5.41) is 9.33. The SMILES string of the molecule is COc1cc(CO)c(Br)c(C)c1C(=O)Oc1ccccc1. The van der Waals surface area contributed by atoms with Crippen molar-refractivity contribution in [1.82, 2.24) is 0 Å². The fourth-order valence-corrected chi connectivity index (χ4v) is 2.44. The molecule has 0 saturated heterocycles. The van der Waals surface area contributed by atoms with E-state index in [4.69, 9.17) is 9.47 Å². The zero-order valence-electron chi connectivity index (χ0n) is 11.7. The molecule has 0 radical (unpaired) electrons. The van der Waals surface area contributed by atoms with Gasteiger partial charge in [0.15, 0.2) is 0 Å². The molecule has 2 aromatic rings. The monoisotopic (exact) mass is 350 g/mol. The van der Waals surface area contributed by atoms with E-state index in [-0.39, 0.29) is 6.61 Å². The normalized spacial score (nSPS) is 10.3. The maximum Gasteiger partial charge on any atom is 0.347 e. The molecule has 0 aliphatic carbocycles. The van der Waals surface area contributed by atoms with Crippen LogP contribution in [0.3, 0.4) is 0 Å². The maximum atomic E-state index is 12.4. The van der Waals surface area contributed by atoms with Crippen LogP contribution < -0.4 is 9.47 Å². The molecule has 0 spiro atoms. The summed E-state index contributed by atoms with van der Waals surface area (Å²) in [7, 11) is 1.48. The van der Waals surface area contributed by atoms with Gasteiger partial charge in [0, 0.05) is 4.47 Å². The standard InChI is InChI=1S/C16H15BrO4/c1-10-14(13(20-2)8-11(9-18)15(10)17)16(19)21-12-6-4-3-5-7-12/h3-8,18H,9H2,1-2H3. The Morgan fingerprint density at radius 3 is 2.52 bits per heavy atom. The third kappa shape index (κ3) is 3.25. The molecular weight excluding hydrogens is 336 g/mol. The molecule has 110 valence electrons. The molecule has 0 saturated carbocycles. The number of carbonyl (C=O) groups excluding carboxylic acids is 1. The number of esters is 1. The number of aliphatic hydroxyl groups is 1. The lowest BCUT2D eigenvalue weighted by Crippen LogP contribution is -2.13. The van der Waals surface area contributed by atoms with Gasteiger partial charge in [-0.3, -0.25) is 0 Å². The zero-order valence-corrected chi connectivity index (χ0v) is 13.3. The second-order valence-electron chi connectivity index (χ2n) is 4.41. The van der Waals surface area contributed by atoms with E-state index in [1.54, 1.807) is 37.3 Å². The molecule has 0 heterocycles. The predicted octanol–water partition coefficient (Wildman–Crippen LogP) is 3.48. The third-order valence-electron chi connectivity index (χ3n) is 3.09. The minimum atomic E-state index is -0.499. The van der Waals surface area contributed by atoms with E-state index in [2.05, 4.69) is 15.9 Å². The van der Waals surface area contributed by atoms with Crippen molar-refractivity contribution >= 4 is 21.9 Å². The van der Waals surface area contributed by atoms with Crippen molar-refractivity contribution < 1.29 is 19.4 Å². The summed E-state index contributed by atoms with van der Waals surface area (Å²) in [6, 6.07) is 10.5. The minimum absolute atomic E-state index is 0.147. The van der Waals surface area contributed by atoms with Gasteiger partial charge in [0.05, 0.1) is 13.7 Å². The molecule has 21 heavy (non-hydrogen) atoms. The van der Waals surface area contributed by atoms with Crippen LogP contribution in [0.1, 0.15) is 21.5 Å². The second-order valence-corrected chi connectivity index (χ2v) is 5.21. The van der Waals surface area contributed by atoms with Crippen molar-refractivity contribution in [2.45, 2.75) is 13.5 Å². The van der Waals surface area contributed by atoms with Gasteiger partial charge in [-0.15, -0.1) is 0 Å². The van der Waals surface area contributed by atoms with E-state index in [0.717, 1.165) is 0 Å². The molecule has 1 N–H and O–H groups in total. The summed E-state index contributed by atoms with van der Waals surface area (Å²) in [6.45, 7) is 1.62. The van der Waals surface area contributed by atoms with Crippen LogP contribution in [0, 0.1) is 6.92 Å². The minimum Gasteiger partial charge on any atom is -0.496 e. The fraction of sp³-hybridized carbons (Fsp3) is 0.188. The Labute approximate surface area is 131 Å².